The number of aryl methyl sites for hydroxylation is 3. The van der Waals surface area contributed by atoms with E-state index in [9.17, 15) is 9.59 Å². The molecule has 3 rings (SSSR count). The molecule has 0 unspecified atom stereocenters. The molecular formula is C21H23N5O2S. The monoisotopic (exact) mass is 409 g/mol. The number of hydrogen-bond acceptors (Lipinski definition) is 5. The van der Waals surface area contributed by atoms with Crippen molar-refractivity contribution in [1.29, 1.82) is 0 Å². The van der Waals surface area contributed by atoms with Gasteiger partial charge in [-0.15, -0.1) is 10.2 Å². The summed E-state index contributed by atoms with van der Waals surface area (Å²) in [7, 11) is 1.82. The summed E-state index contributed by atoms with van der Waals surface area (Å²) in [6.07, 6.45) is 2.43. The first-order chi connectivity index (χ1) is 14.0. The number of para-hydroxylation sites is 1. The highest BCUT2D eigenvalue weighted by molar-refractivity contribution is 7.99. The Morgan fingerprint density at radius 3 is 2.52 bits per heavy atom. The topological polar surface area (TPSA) is 88.9 Å². The van der Waals surface area contributed by atoms with Crippen LogP contribution in [0.3, 0.4) is 0 Å². The maximum absolute atomic E-state index is 12.6. The van der Waals surface area contributed by atoms with Crippen molar-refractivity contribution >= 4 is 35.0 Å². The van der Waals surface area contributed by atoms with E-state index in [1.165, 1.54) is 11.8 Å². The number of benzene rings is 2. The average molecular weight is 410 g/mol. The molecule has 1 aromatic heterocycles. The zero-order valence-electron chi connectivity index (χ0n) is 16.6. The molecule has 8 heteroatoms. The molecule has 0 aliphatic rings. The van der Waals surface area contributed by atoms with E-state index in [4.69, 9.17) is 0 Å². The Kier molecular flexibility index (Phi) is 6.66. The lowest BCUT2D eigenvalue weighted by molar-refractivity contribution is -0.113. The minimum Gasteiger partial charge on any atom is -0.325 e. The maximum atomic E-state index is 12.6. The van der Waals surface area contributed by atoms with Crippen molar-refractivity contribution in [2.45, 2.75) is 25.4 Å². The number of thioether (sulfide) groups is 1. The molecule has 2 amide bonds. The third kappa shape index (κ3) is 5.23. The molecule has 3 aromatic rings. The van der Waals surface area contributed by atoms with Crippen molar-refractivity contribution in [3.63, 3.8) is 0 Å². The SMILES string of the molecule is CCc1cccc(C)c1NC(=O)c1ccc(NC(=O)CSc2nncn2C)cc1. The van der Waals surface area contributed by atoms with E-state index in [0.29, 0.717) is 16.4 Å². The molecule has 1 heterocycles. The van der Waals surface area contributed by atoms with Gasteiger partial charge in [0, 0.05) is 24.0 Å². The van der Waals surface area contributed by atoms with E-state index in [1.54, 1.807) is 35.2 Å². The predicted octanol–water partition coefficient (Wildman–Crippen LogP) is 3.67. The molecule has 29 heavy (non-hydrogen) atoms. The molecule has 0 saturated heterocycles. The number of hydrogen-bond donors (Lipinski definition) is 2. The number of rotatable bonds is 7. The fraction of sp³-hybridized carbons (Fsp3) is 0.238. The average Bonchev–Trinajstić information content (AvgIpc) is 3.13. The zero-order valence-corrected chi connectivity index (χ0v) is 17.4. The Morgan fingerprint density at radius 2 is 1.86 bits per heavy atom. The van der Waals surface area contributed by atoms with Gasteiger partial charge in [0.05, 0.1) is 5.75 Å². The fourth-order valence-electron chi connectivity index (χ4n) is 2.82. The first-order valence-electron chi connectivity index (χ1n) is 9.24. The van der Waals surface area contributed by atoms with Crippen molar-refractivity contribution in [2.24, 2.45) is 7.05 Å². The van der Waals surface area contributed by atoms with Crippen molar-refractivity contribution in [2.75, 3.05) is 16.4 Å². The van der Waals surface area contributed by atoms with Crippen LogP contribution < -0.4 is 10.6 Å². The summed E-state index contributed by atoms with van der Waals surface area (Å²) in [4.78, 5) is 24.7. The van der Waals surface area contributed by atoms with Crippen molar-refractivity contribution < 1.29 is 9.59 Å². The molecule has 0 atom stereocenters. The van der Waals surface area contributed by atoms with Gasteiger partial charge in [-0.05, 0) is 48.7 Å². The van der Waals surface area contributed by atoms with E-state index < -0.39 is 0 Å². The van der Waals surface area contributed by atoms with Crippen molar-refractivity contribution in [1.82, 2.24) is 14.8 Å². The van der Waals surface area contributed by atoms with Crippen molar-refractivity contribution in [3.05, 3.63) is 65.5 Å². The Labute approximate surface area is 173 Å². The van der Waals surface area contributed by atoms with Gasteiger partial charge < -0.3 is 15.2 Å². The molecule has 0 aliphatic carbocycles. The Balaban J connectivity index is 1.59. The largest absolute Gasteiger partial charge is 0.325 e. The molecule has 2 N–H and O–H groups in total. The molecule has 7 nitrogen and oxygen atoms in total. The molecule has 0 fully saturated rings. The number of amides is 2. The summed E-state index contributed by atoms with van der Waals surface area (Å²) in [6.45, 7) is 4.04. The van der Waals surface area contributed by atoms with Gasteiger partial charge in [0.1, 0.15) is 6.33 Å². The quantitative estimate of drug-likeness (QED) is 0.581. The third-order valence-electron chi connectivity index (χ3n) is 4.41. The second-order valence-electron chi connectivity index (χ2n) is 6.56. The first kappa shape index (κ1) is 20.6. The molecule has 0 saturated carbocycles. The molecule has 0 aliphatic heterocycles. The molecule has 0 spiro atoms. The third-order valence-corrected chi connectivity index (χ3v) is 5.45. The minimum absolute atomic E-state index is 0.150. The summed E-state index contributed by atoms with van der Waals surface area (Å²) in [5, 5.41) is 14.2. The number of carbonyl (C=O) groups excluding carboxylic acids is 2. The number of aromatic nitrogens is 3. The van der Waals surface area contributed by atoms with Gasteiger partial charge in [-0.25, -0.2) is 0 Å². The van der Waals surface area contributed by atoms with Gasteiger partial charge in [-0.1, -0.05) is 36.9 Å². The maximum Gasteiger partial charge on any atom is 0.255 e. The Morgan fingerprint density at radius 1 is 1.10 bits per heavy atom. The number of nitrogens with zero attached hydrogens (tertiary/aromatic N) is 3. The van der Waals surface area contributed by atoms with E-state index in [2.05, 4.69) is 27.8 Å². The van der Waals surface area contributed by atoms with Gasteiger partial charge in [0.15, 0.2) is 5.16 Å². The summed E-state index contributed by atoms with van der Waals surface area (Å²) in [6, 6.07) is 12.8. The summed E-state index contributed by atoms with van der Waals surface area (Å²) >= 11 is 1.31. The van der Waals surface area contributed by atoms with E-state index >= 15 is 0 Å². The van der Waals surface area contributed by atoms with Crippen LogP contribution in [0.25, 0.3) is 0 Å². The highest BCUT2D eigenvalue weighted by Gasteiger charge is 2.12. The van der Waals surface area contributed by atoms with Crippen LogP contribution in [0.15, 0.2) is 53.9 Å². The van der Waals surface area contributed by atoms with Crippen LogP contribution in [0.2, 0.25) is 0 Å². The van der Waals surface area contributed by atoms with Gasteiger partial charge >= 0.3 is 0 Å². The van der Waals surface area contributed by atoms with Gasteiger partial charge in [0.2, 0.25) is 5.91 Å². The molecule has 0 radical (unpaired) electrons. The fourth-order valence-corrected chi connectivity index (χ4v) is 3.51. The van der Waals surface area contributed by atoms with E-state index in [1.807, 2.05) is 32.2 Å². The summed E-state index contributed by atoms with van der Waals surface area (Å²) in [5.41, 5.74) is 4.15. The van der Waals surface area contributed by atoms with Crippen LogP contribution in [0.5, 0.6) is 0 Å². The minimum atomic E-state index is -0.176. The van der Waals surface area contributed by atoms with E-state index in [0.717, 1.165) is 23.2 Å². The molecule has 0 bridgehead atoms. The standard InChI is InChI=1S/C21H23N5O2S/c1-4-15-7-5-6-14(2)19(15)24-20(28)16-8-10-17(11-9-16)23-18(27)12-29-21-25-22-13-26(21)3/h5-11,13H,4,12H2,1-3H3,(H,23,27)(H,24,28). The molecule has 2 aromatic carbocycles. The van der Waals surface area contributed by atoms with Crippen LogP contribution in [-0.4, -0.2) is 32.3 Å². The second-order valence-corrected chi connectivity index (χ2v) is 7.50. The Bertz CT molecular complexity index is 1010. The zero-order chi connectivity index (χ0) is 20.8. The highest BCUT2D eigenvalue weighted by Crippen LogP contribution is 2.22. The number of nitrogens with one attached hydrogen (secondary N) is 2. The predicted molar refractivity (Wildman–Crippen MR) is 115 cm³/mol. The van der Waals surface area contributed by atoms with Gasteiger partial charge in [-0.2, -0.15) is 0 Å². The summed E-state index contributed by atoms with van der Waals surface area (Å²) < 4.78 is 1.75. The highest BCUT2D eigenvalue weighted by atomic mass is 32.2. The van der Waals surface area contributed by atoms with Crippen LogP contribution in [0.1, 0.15) is 28.4 Å². The lowest BCUT2D eigenvalue weighted by atomic mass is 10.1. The molecular weight excluding hydrogens is 386 g/mol. The number of carbonyl (C=O) groups is 2. The van der Waals surface area contributed by atoms with Crippen LogP contribution in [0, 0.1) is 6.92 Å². The van der Waals surface area contributed by atoms with Gasteiger partial charge in [-0.3, -0.25) is 9.59 Å². The second kappa shape index (κ2) is 9.38. The van der Waals surface area contributed by atoms with Crippen molar-refractivity contribution in [3.8, 4) is 0 Å². The van der Waals surface area contributed by atoms with Crippen LogP contribution in [-0.2, 0) is 18.3 Å². The van der Waals surface area contributed by atoms with Crippen LogP contribution >= 0.6 is 11.8 Å². The lowest BCUT2D eigenvalue weighted by Gasteiger charge is -2.13. The lowest BCUT2D eigenvalue weighted by Crippen LogP contribution is -2.16. The number of anilines is 2. The van der Waals surface area contributed by atoms with Crippen LogP contribution in [0.4, 0.5) is 11.4 Å². The molecule has 150 valence electrons. The smallest absolute Gasteiger partial charge is 0.255 e. The Hall–Kier alpha value is -3.13. The van der Waals surface area contributed by atoms with Gasteiger partial charge in [0.25, 0.3) is 5.91 Å². The normalized spacial score (nSPS) is 10.6. The van der Waals surface area contributed by atoms with E-state index in [-0.39, 0.29) is 17.6 Å². The first-order valence-corrected chi connectivity index (χ1v) is 10.2. The summed E-state index contributed by atoms with van der Waals surface area (Å²) in [5.74, 6) is -0.102.